The molecular weight excluding hydrogens is 222 g/mol. The smallest absolute Gasteiger partial charge is 0.195 e. The number of ether oxygens (including phenoxy) is 1. The van der Waals surface area contributed by atoms with Gasteiger partial charge in [-0.1, -0.05) is 0 Å². The minimum atomic E-state index is -1.55. The second-order valence-electron chi connectivity index (χ2n) is 3.90. The van der Waals surface area contributed by atoms with Crippen molar-refractivity contribution in [2.75, 3.05) is 19.8 Å². The number of aliphatic hydroxyl groups excluding tert-OH is 1. The summed E-state index contributed by atoms with van der Waals surface area (Å²) >= 11 is 0. The van der Waals surface area contributed by atoms with E-state index in [1.807, 2.05) is 0 Å². The average molecular weight is 239 g/mol. The fourth-order valence-electron chi connectivity index (χ4n) is 1.27. The number of nitrogens with two attached hydrogens (primary N) is 1. The minimum Gasteiger partial charge on any atom is -0.491 e. The van der Waals surface area contributed by atoms with Crippen LogP contribution in [0.1, 0.15) is 17.3 Å². The Morgan fingerprint density at radius 3 is 2.47 bits per heavy atom. The van der Waals surface area contributed by atoms with Crippen LogP contribution in [0.2, 0.25) is 0 Å². The Bertz CT molecular complexity index is 373. The van der Waals surface area contributed by atoms with Gasteiger partial charge in [-0.05, 0) is 31.2 Å². The lowest BCUT2D eigenvalue weighted by Crippen LogP contribution is -2.42. The van der Waals surface area contributed by atoms with E-state index in [0.717, 1.165) is 0 Å². The van der Waals surface area contributed by atoms with Crippen LogP contribution >= 0.6 is 0 Å². The summed E-state index contributed by atoms with van der Waals surface area (Å²) in [5.41, 5.74) is 4.14. The molecule has 0 radical (unpaired) electrons. The Morgan fingerprint density at radius 1 is 1.41 bits per heavy atom. The van der Waals surface area contributed by atoms with Gasteiger partial charge in [0.15, 0.2) is 5.78 Å². The van der Waals surface area contributed by atoms with E-state index < -0.39 is 11.4 Å². The molecule has 1 atom stereocenters. The number of carbonyl (C=O) groups excluding carboxylic acids is 1. The molecule has 5 nitrogen and oxygen atoms in total. The van der Waals surface area contributed by atoms with Crippen LogP contribution in [0.5, 0.6) is 5.75 Å². The largest absolute Gasteiger partial charge is 0.491 e. The maximum absolute atomic E-state index is 11.8. The molecule has 0 amide bonds. The molecule has 1 unspecified atom stereocenters. The zero-order valence-electron chi connectivity index (χ0n) is 9.72. The van der Waals surface area contributed by atoms with Crippen molar-refractivity contribution >= 4 is 5.78 Å². The van der Waals surface area contributed by atoms with E-state index in [2.05, 4.69) is 0 Å². The Morgan fingerprint density at radius 2 is 2.00 bits per heavy atom. The zero-order chi connectivity index (χ0) is 12.9. The normalized spacial score (nSPS) is 14.1. The minimum absolute atomic E-state index is 0.0669. The van der Waals surface area contributed by atoms with Crippen molar-refractivity contribution in [1.82, 2.24) is 0 Å². The van der Waals surface area contributed by atoms with Gasteiger partial charge >= 0.3 is 0 Å². The highest BCUT2D eigenvalue weighted by Crippen LogP contribution is 2.16. The number of Topliss-reactive ketones (excluding diaryl/α,β-unsaturated/α-hetero) is 1. The fourth-order valence-corrected chi connectivity index (χ4v) is 1.27. The molecule has 0 aliphatic heterocycles. The first-order valence-corrected chi connectivity index (χ1v) is 5.32. The number of benzene rings is 1. The van der Waals surface area contributed by atoms with Crippen LogP contribution in [-0.4, -0.2) is 41.4 Å². The number of ketones is 1. The highest BCUT2D eigenvalue weighted by Gasteiger charge is 2.29. The van der Waals surface area contributed by atoms with Crippen molar-refractivity contribution < 1.29 is 19.7 Å². The standard InChI is InChI=1S/C12H17NO4/c1-12(16,8-13)11(15)9-2-4-10(5-3-9)17-7-6-14/h2-5,14,16H,6-8,13H2,1H3. The molecule has 0 fully saturated rings. The molecule has 0 heterocycles. The van der Waals surface area contributed by atoms with Gasteiger partial charge in [0.25, 0.3) is 0 Å². The molecule has 17 heavy (non-hydrogen) atoms. The monoisotopic (exact) mass is 239 g/mol. The summed E-state index contributed by atoms with van der Waals surface area (Å²) in [5.74, 6) is 0.136. The van der Waals surface area contributed by atoms with Crippen LogP contribution in [0.15, 0.2) is 24.3 Å². The molecule has 0 aliphatic rings. The number of carbonyl (C=O) groups is 1. The van der Waals surface area contributed by atoms with Crippen molar-refractivity contribution in [3.8, 4) is 5.75 Å². The maximum atomic E-state index is 11.8. The predicted octanol–water partition coefficient (Wildman–Crippen LogP) is -0.0499. The van der Waals surface area contributed by atoms with Crippen molar-refractivity contribution in [3.05, 3.63) is 29.8 Å². The summed E-state index contributed by atoms with van der Waals surface area (Å²) in [6, 6.07) is 6.32. The summed E-state index contributed by atoms with van der Waals surface area (Å²) < 4.78 is 5.15. The molecule has 0 aromatic heterocycles. The number of hydrogen-bond acceptors (Lipinski definition) is 5. The molecule has 0 saturated heterocycles. The van der Waals surface area contributed by atoms with Gasteiger partial charge in [0.2, 0.25) is 0 Å². The number of aliphatic hydroxyl groups is 2. The van der Waals surface area contributed by atoms with E-state index in [1.165, 1.54) is 6.92 Å². The molecule has 0 spiro atoms. The average Bonchev–Trinajstić information content (AvgIpc) is 2.36. The number of hydrogen-bond donors (Lipinski definition) is 3. The lowest BCUT2D eigenvalue weighted by Gasteiger charge is -2.19. The van der Waals surface area contributed by atoms with Crippen LogP contribution in [0.4, 0.5) is 0 Å². The van der Waals surface area contributed by atoms with Crippen LogP contribution < -0.4 is 10.5 Å². The Balaban J connectivity index is 2.77. The van der Waals surface area contributed by atoms with Crippen molar-refractivity contribution in [3.63, 3.8) is 0 Å². The van der Waals surface area contributed by atoms with Crippen LogP contribution in [-0.2, 0) is 0 Å². The van der Waals surface area contributed by atoms with E-state index in [9.17, 15) is 9.90 Å². The van der Waals surface area contributed by atoms with Gasteiger partial charge in [-0.2, -0.15) is 0 Å². The second kappa shape index (κ2) is 5.77. The van der Waals surface area contributed by atoms with E-state index in [4.69, 9.17) is 15.6 Å². The van der Waals surface area contributed by atoms with Gasteiger partial charge in [-0.3, -0.25) is 4.79 Å². The Kier molecular flexibility index (Phi) is 4.62. The molecule has 4 N–H and O–H groups in total. The molecule has 0 bridgehead atoms. The lowest BCUT2D eigenvalue weighted by molar-refractivity contribution is 0.0446. The van der Waals surface area contributed by atoms with E-state index in [-0.39, 0.29) is 19.8 Å². The molecular formula is C12H17NO4. The predicted molar refractivity (Wildman–Crippen MR) is 63.0 cm³/mol. The summed E-state index contributed by atoms with van der Waals surface area (Å²) in [6.07, 6.45) is 0. The zero-order valence-corrected chi connectivity index (χ0v) is 9.72. The second-order valence-corrected chi connectivity index (χ2v) is 3.90. The summed E-state index contributed by atoms with van der Waals surface area (Å²) in [4.78, 5) is 11.8. The third kappa shape index (κ3) is 3.52. The van der Waals surface area contributed by atoms with Gasteiger partial charge in [-0.25, -0.2) is 0 Å². The summed E-state index contributed by atoms with van der Waals surface area (Å²) in [6.45, 7) is 1.39. The van der Waals surface area contributed by atoms with Crippen molar-refractivity contribution in [1.29, 1.82) is 0 Å². The first-order chi connectivity index (χ1) is 8.01. The molecule has 0 saturated carbocycles. The van der Waals surface area contributed by atoms with E-state index in [1.54, 1.807) is 24.3 Å². The lowest BCUT2D eigenvalue weighted by atomic mass is 9.95. The van der Waals surface area contributed by atoms with Crippen LogP contribution in [0.3, 0.4) is 0 Å². The molecule has 1 aromatic rings. The SMILES string of the molecule is CC(O)(CN)C(=O)c1ccc(OCCO)cc1. The van der Waals surface area contributed by atoms with Crippen LogP contribution in [0, 0.1) is 0 Å². The van der Waals surface area contributed by atoms with Gasteiger partial charge in [0.1, 0.15) is 18.0 Å². The highest BCUT2D eigenvalue weighted by atomic mass is 16.5. The van der Waals surface area contributed by atoms with Crippen LogP contribution in [0.25, 0.3) is 0 Å². The first kappa shape index (κ1) is 13.6. The van der Waals surface area contributed by atoms with Gasteiger partial charge in [-0.15, -0.1) is 0 Å². The Hall–Kier alpha value is -1.43. The molecule has 0 aliphatic carbocycles. The van der Waals surface area contributed by atoms with Crippen molar-refractivity contribution in [2.24, 2.45) is 5.73 Å². The van der Waals surface area contributed by atoms with E-state index in [0.29, 0.717) is 11.3 Å². The van der Waals surface area contributed by atoms with Crippen molar-refractivity contribution in [2.45, 2.75) is 12.5 Å². The topological polar surface area (TPSA) is 92.8 Å². The third-order valence-corrected chi connectivity index (χ3v) is 2.36. The summed E-state index contributed by atoms with van der Waals surface area (Å²) in [5, 5.41) is 18.3. The van der Waals surface area contributed by atoms with Gasteiger partial charge in [0.05, 0.1) is 6.61 Å². The quantitative estimate of drug-likeness (QED) is 0.605. The Labute approximate surface area is 99.8 Å². The highest BCUT2D eigenvalue weighted by molar-refractivity contribution is 6.02. The van der Waals surface area contributed by atoms with E-state index >= 15 is 0 Å². The third-order valence-electron chi connectivity index (χ3n) is 2.36. The molecule has 1 rings (SSSR count). The molecule has 5 heteroatoms. The van der Waals surface area contributed by atoms with Gasteiger partial charge in [0, 0.05) is 12.1 Å². The molecule has 1 aromatic carbocycles. The first-order valence-electron chi connectivity index (χ1n) is 5.32. The number of rotatable bonds is 6. The summed E-state index contributed by atoms with van der Waals surface area (Å²) in [7, 11) is 0. The molecule has 94 valence electrons. The van der Waals surface area contributed by atoms with Gasteiger partial charge < -0.3 is 20.7 Å². The maximum Gasteiger partial charge on any atom is 0.195 e. The fraction of sp³-hybridized carbons (Fsp3) is 0.417.